The lowest BCUT2D eigenvalue weighted by atomic mass is 9.94. The summed E-state index contributed by atoms with van der Waals surface area (Å²) < 4.78 is 11.1. The van der Waals surface area contributed by atoms with Gasteiger partial charge in [0.25, 0.3) is 5.91 Å². The first-order valence-electron chi connectivity index (χ1n) is 13.0. The standard InChI is InChI=1S/C32H30N2O5S/c1-19(2)18-39-25-16-12-23(13-17-25)34-27(21-10-14-24(38-4)15-11-21)26(29(36)32(34)37)28(35)30-20(3)33-31(40-30)22-8-6-5-7-9-22/h5-17,19,27,36H,18H2,1-4H3. The van der Waals surface area contributed by atoms with Crippen LogP contribution in [0.3, 0.4) is 0 Å². The third kappa shape index (κ3) is 5.22. The summed E-state index contributed by atoms with van der Waals surface area (Å²) in [5.41, 5.74) is 2.64. The number of nitrogens with zero attached hydrogens (tertiary/aromatic N) is 2. The second-order valence-corrected chi connectivity index (χ2v) is 10.9. The maximum absolute atomic E-state index is 14.1. The van der Waals surface area contributed by atoms with Gasteiger partial charge in [0, 0.05) is 11.3 Å². The number of carbonyl (C=O) groups excluding carboxylic acids is 2. The fourth-order valence-electron chi connectivity index (χ4n) is 4.60. The number of benzene rings is 3. The van der Waals surface area contributed by atoms with Crippen molar-refractivity contribution in [2.24, 2.45) is 5.92 Å². The van der Waals surface area contributed by atoms with Gasteiger partial charge in [0.1, 0.15) is 16.5 Å². The Bertz CT molecular complexity index is 1560. The van der Waals surface area contributed by atoms with Gasteiger partial charge in [0.2, 0.25) is 5.78 Å². The predicted molar refractivity (Wildman–Crippen MR) is 156 cm³/mol. The summed E-state index contributed by atoms with van der Waals surface area (Å²) in [4.78, 5) is 34.1. The highest BCUT2D eigenvalue weighted by Gasteiger charge is 2.45. The molecule has 1 atom stereocenters. The molecule has 1 aliphatic rings. The number of aryl methyl sites for hydroxylation is 1. The number of carbonyl (C=O) groups is 2. The minimum atomic E-state index is -0.852. The van der Waals surface area contributed by atoms with Crippen LogP contribution in [0.5, 0.6) is 11.5 Å². The largest absolute Gasteiger partial charge is 0.503 e. The lowest BCUT2D eigenvalue weighted by molar-refractivity contribution is -0.117. The van der Waals surface area contributed by atoms with E-state index in [9.17, 15) is 14.7 Å². The van der Waals surface area contributed by atoms with Gasteiger partial charge in [-0.25, -0.2) is 4.98 Å². The second kappa shape index (κ2) is 11.4. The van der Waals surface area contributed by atoms with E-state index in [0.717, 1.165) is 5.56 Å². The number of rotatable bonds is 9. The van der Waals surface area contributed by atoms with Crippen LogP contribution in [0.25, 0.3) is 10.6 Å². The average molecular weight is 555 g/mol. The SMILES string of the molecule is COc1ccc(C2C(C(=O)c3sc(-c4ccccc4)nc3C)=C(O)C(=O)N2c2ccc(OCC(C)C)cc2)cc1. The normalized spacial score (nSPS) is 15.2. The van der Waals surface area contributed by atoms with Crippen molar-refractivity contribution in [2.45, 2.75) is 26.8 Å². The van der Waals surface area contributed by atoms with Gasteiger partial charge >= 0.3 is 0 Å². The Morgan fingerprint density at radius 3 is 2.27 bits per heavy atom. The number of aliphatic hydroxyl groups is 1. The number of thiazole rings is 1. The monoisotopic (exact) mass is 554 g/mol. The number of Topliss-reactive ketones (excluding diaryl/α,β-unsaturated/α-hetero) is 1. The summed E-state index contributed by atoms with van der Waals surface area (Å²) in [5, 5.41) is 11.9. The zero-order chi connectivity index (χ0) is 28.4. The van der Waals surface area contributed by atoms with E-state index in [1.807, 2.05) is 30.3 Å². The van der Waals surface area contributed by atoms with E-state index in [1.165, 1.54) is 16.2 Å². The third-order valence-corrected chi connectivity index (χ3v) is 7.81. The summed E-state index contributed by atoms with van der Waals surface area (Å²) in [6.07, 6.45) is 0. The molecule has 1 N–H and O–H groups in total. The van der Waals surface area contributed by atoms with Crippen LogP contribution in [0.15, 0.2) is 90.2 Å². The van der Waals surface area contributed by atoms with Gasteiger partial charge in [0.05, 0.1) is 35.9 Å². The highest BCUT2D eigenvalue weighted by Crippen LogP contribution is 2.44. The van der Waals surface area contributed by atoms with E-state index in [-0.39, 0.29) is 5.57 Å². The first-order chi connectivity index (χ1) is 19.3. The van der Waals surface area contributed by atoms with Crippen molar-refractivity contribution in [3.8, 4) is 22.1 Å². The summed E-state index contributed by atoms with van der Waals surface area (Å²) >= 11 is 1.25. The molecule has 8 heteroatoms. The Balaban J connectivity index is 1.56. The van der Waals surface area contributed by atoms with Gasteiger partial charge in [-0.1, -0.05) is 56.3 Å². The molecule has 0 spiro atoms. The highest BCUT2D eigenvalue weighted by atomic mass is 32.1. The van der Waals surface area contributed by atoms with Gasteiger partial charge in [-0.3, -0.25) is 14.5 Å². The number of ether oxygens (including phenoxy) is 2. The predicted octanol–water partition coefficient (Wildman–Crippen LogP) is 6.94. The molecular formula is C32H30N2O5S. The molecule has 0 fully saturated rings. The minimum absolute atomic E-state index is 0.0154. The zero-order valence-corrected chi connectivity index (χ0v) is 23.6. The molecule has 2 heterocycles. The molecule has 0 bridgehead atoms. The van der Waals surface area contributed by atoms with Crippen molar-refractivity contribution in [3.63, 3.8) is 0 Å². The van der Waals surface area contributed by atoms with Crippen molar-refractivity contribution in [3.05, 3.63) is 106 Å². The molecule has 3 aromatic carbocycles. The fourth-order valence-corrected chi connectivity index (χ4v) is 5.63. The van der Waals surface area contributed by atoms with Crippen molar-refractivity contribution < 1.29 is 24.2 Å². The molecule has 4 aromatic rings. The van der Waals surface area contributed by atoms with Crippen LogP contribution in [0, 0.1) is 12.8 Å². The summed E-state index contributed by atoms with van der Waals surface area (Å²) in [5.74, 6) is 0.0331. The van der Waals surface area contributed by atoms with Gasteiger partial charge in [-0.05, 0) is 54.8 Å². The van der Waals surface area contributed by atoms with E-state index >= 15 is 0 Å². The maximum atomic E-state index is 14.1. The Kier molecular flexibility index (Phi) is 7.71. The van der Waals surface area contributed by atoms with Crippen LogP contribution in [0.1, 0.15) is 40.8 Å². The number of amides is 1. The molecule has 1 unspecified atom stereocenters. The van der Waals surface area contributed by atoms with Crippen LogP contribution in [-0.2, 0) is 4.79 Å². The van der Waals surface area contributed by atoms with Gasteiger partial charge in [-0.15, -0.1) is 11.3 Å². The number of methoxy groups -OCH3 is 1. The molecule has 40 heavy (non-hydrogen) atoms. The maximum Gasteiger partial charge on any atom is 0.294 e. The molecule has 0 saturated heterocycles. The molecule has 0 radical (unpaired) electrons. The number of aliphatic hydroxyl groups excluding tert-OH is 1. The first-order valence-corrected chi connectivity index (χ1v) is 13.8. The summed E-state index contributed by atoms with van der Waals surface area (Å²) in [7, 11) is 1.57. The van der Waals surface area contributed by atoms with Crippen LogP contribution in [0.4, 0.5) is 5.69 Å². The lowest BCUT2D eigenvalue weighted by Crippen LogP contribution is -2.31. The van der Waals surface area contributed by atoms with E-state index in [0.29, 0.717) is 50.9 Å². The molecule has 0 aliphatic carbocycles. The van der Waals surface area contributed by atoms with Gasteiger partial charge < -0.3 is 14.6 Å². The van der Waals surface area contributed by atoms with E-state index in [2.05, 4.69) is 18.8 Å². The van der Waals surface area contributed by atoms with Crippen LogP contribution < -0.4 is 14.4 Å². The summed E-state index contributed by atoms with van der Waals surface area (Å²) in [6, 6.07) is 23.0. The topological polar surface area (TPSA) is 89.0 Å². The molecule has 5 rings (SSSR count). The second-order valence-electron chi connectivity index (χ2n) is 9.94. The van der Waals surface area contributed by atoms with E-state index in [1.54, 1.807) is 62.6 Å². The molecule has 204 valence electrons. The lowest BCUT2D eigenvalue weighted by Gasteiger charge is -2.27. The molecule has 1 amide bonds. The number of ketones is 1. The number of hydrogen-bond donors (Lipinski definition) is 1. The highest BCUT2D eigenvalue weighted by molar-refractivity contribution is 7.17. The van der Waals surface area contributed by atoms with E-state index < -0.39 is 23.5 Å². The molecule has 1 aromatic heterocycles. The Labute approximate surface area is 237 Å². The third-order valence-electron chi connectivity index (χ3n) is 6.61. The molecular weight excluding hydrogens is 524 g/mol. The molecule has 1 aliphatic heterocycles. The van der Waals surface area contributed by atoms with Gasteiger partial charge in [0.15, 0.2) is 5.76 Å². The number of aromatic nitrogens is 1. The fraction of sp³-hybridized carbons (Fsp3) is 0.219. The van der Waals surface area contributed by atoms with Crippen molar-refractivity contribution in [1.82, 2.24) is 4.98 Å². The van der Waals surface area contributed by atoms with Crippen molar-refractivity contribution in [2.75, 3.05) is 18.6 Å². The Morgan fingerprint density at radius 2 is 1.65 bits per heavy atom. The van der Waals surface area contributed by atoms with E-state index in [4.69, 9.17) is 9.47 Å². The Morgan fingerprint density at radius 1 is 1.00 bits per heavy atom. The van der Waals surface area contributed by atoms with Crippen molar-refractivity contribution in [1.29, 1.82) is 0 Å². The molecule has 0 saturated carbocycles. The average Bonchev–Trinajstić information content (AvgIpc) is 3.49. The zero-order valence-electron chi connectivity index (χ0n) is 22.8. The van der Waals surface area contributed by atoms with Crippen molar-refractivity contribution >= 4 is 28.7 Å². The minimum Gasteiger partial charge on any atom is -0.503 e. The van der Waals surface area contributed by atoms with Gasteiger partial charge in [-0.2, -0.15) is 0 Å². The van der Waals surface area contributed by atoms with Crippen LogP contribution in [0.2, 0.25) is 0 Å². The molecule has 7 nitrogen and oxygen atoms in total. The smallest absolute Gasteiger partial charge is 0.294 e. The Hall–Kier alpha value is -4.43. The van der Waals surface area contributed by atoms with Crippen LogP contribution in [-0.4, -0.2) is 35.5 Å². The first kappa shape index (κ1) is 27.1. The van der Waals surface area contributed by atoms with Crippen LogP contribution >= 0.6 is 11.3 Å². The number of hydrogen-bond acceptors (Lipinski definition) is 7. The number of anilines is 1. The quantitative estimate of drug-likeness (QED) is 0.225. The summed E-state index contributed by atoms with van der Waals surface area (Å²) in [6.45, 7) is 6.46.